The summed E-state index contributed by atoms with van der Waals surface area (Å²) in [5, 5.41) is 8.80. The van der Waals surface area contributed by atoms with E-state index in [1.807, 2.05) is 0 Å². The quantitative estimate of drug-likeness (QED) is 0.512. The molecule has 0 saturated heterocycles. The van der Waals surface area contributed by atoms with Gasteiger partial charge in [0, 0.05) is 17.3 Å². The van der Waals surface area contributed by atoms with Crippen LogP contribution in [0.2, 0.25) is 0 Å². The summed E-state index contributed by atoms with van der Waals surface area (Å²) in [6, 6.07) is 8.75. The summed E-state index contributed by atoms with van der Waals surface area (Å²) in [4.78, 5) is 22.0. The largest absolute Gasteiger partial charge is 0.493 e. The summed E-state index contributed by atoms with van der Waals surface area (Å²) in [5.41, 5.74) is 0.834. The highest BCUT2D eigenvalue weighted by Gasteiger charge is 2.24. The van der Waals surface area contributed by atoms with Gasteiger partial charge in [-0.25, -0.2) is 13.2 Å². The first-order chi connectivity index (χ1) is 13.2. The van der Waals surface area contributed by atoms with E-state index in [9.17, 15) is 18.0 Å². The third-order valence-corrected chi connectivity index (χ3v) is 5.08. The number of nitrogens with one attached hydrogen (secondary N) is 1. The van der Waals surface area contributed by atoms with Crippen LogP contribution in [0.25, 0.3) is 6.08 Å². The van der Waals surface area contributed by atoms with E-state index in [2.05, 4.69) is 4.72 Å². The van der Waals surface area contributed by atoms with Gasteiger partial charge in [0.15, 0.2) is 17.3 Å². The number of aliphatic carboxylic acids is 1. The number of benzene rings is 2. The molecule has 2 aromatic rings. The van der Waals surface area contributed by atoms with Crippen LogP contribution >= 0.6 is 0 Å². The first-order valence-corrected chi connectivity index (χ1v) is 9.47. The van der Waals surface area contributed by atoms with Gasteiger partial charge in [-0.3, -0.25) is 9.52 Å². The molecule has 0 spiro atoms. The molecule has 0 aromatic heterocycles. The molecule has 9 heteroatoms. The number of ketones is 1. The lowest BCUT2D eigenvalue weighted by atomic mass is 10.1. The fourth-order valence-electron chi connectivity index (χ4n) is 2.42. The van der Waals surface area contributed by atoms with Crippen LogP contribution in [0.3, 0.4) is 0 Å². The summed E-state index contributed by atoms with van der Waals surface area (Å²) >= 11 is 0. The number of carboxylic acid groups (broad SMARTS) is 1. The molecule has 0 aliphatic carbocycles. The Morgan fingerprint density at radius 2 is 1.82 bits per heavy atom. The molecule has 2 rings (SSSR count). The number of ether oxygens (including phenoxy) is 2. The second-order valence-electron chi connectivity index (χ2n) is 5.67. The van der Waals surface area contributed by atoms with Crippen LogP contribution in [-0.4, -0.2) is 39.5 Å². The van der Waals surface area contributed by atoms with E-state index in [0.29, 0.717) is 5.56 Å². The van der Waals surface area contributed by atoms with Crippen molar-refractivity contribution in [1.82, 2.24) is 0 Å². The summed E-state index contributed by atoms with van der Waals surface area (Å²) in [5.74, 6) is -1.31. The van der Waals surface area contributed by atoms with E-state index in [0.717, 1.165) is 6.08 Å². The van der Waals surface area contributed by atoms with Crippen molar-refractivity contribution in [3.05, 3.63) is 53.6 Å². The lowest BCUT2D eigenvalue weighted by Gasteiger charge is -2.15. The number of Topliss-reactive ketones (excluding diaryl/α,β-unsaturated/α-hetero) is 1. The van der Waals surface area contributed by atoms with Gasteiger partial charge in [0.05, 0.1) is 14.2 Å². The zero-order valence-electron chi connectivity index (χ0n) is 15.4. The second-order valence-corrected chi connectivity index (χ2v) is 7.32. The Kier molecular flexibility index (Phi) is 6.42. The molecule has 148 valence electrons. The number of rotatable bonds is 8. The third kappa shape index (κ3) is 4.89. The molecule has 0 amide bonds. The molecule has 0 fully saturated rings. The van der Waals surface area contributed by atoms with Gasteiger partial charge in [-0.1, -0.05) is 12.1 Å². The van der Waals surface area contributed by atoms with E-state index >= 15 is 0 Å². The molecule has 0 unspecified atom stereocenters. The van der Waals surface area contributed by atoms with Gasteiger partial charge in [-0.15, -0.1) is 0 Å². The molecule has 0 radical (unpaired) electrons. The molecule has 2 N–H and O–H groups in total. The summed E-state index contributed by atoms with van der Waals surface area (Å²) in [6.45, 7) is 1.37. The van der Waals surface area contributed by atoms with Crippen LogP contribution in [0, 0.1) is 0 Å². The van der Waals surface area contributed by atoms with Gasteiger partial charge in [-0.2, -0.15) is 0 Å². The predicted molar refractivity (Wildman–Crippen MR) is 103 cm³/mol. The van der Waals surface area contributed by atoms with Crippen molar-refractivity contribution in [2.45, 2.75) is 11.8 Å². The van der Waals surface area contributed by atoms with Crippen LogP contribution in [0.15, 0.2) is 47.4 Å². The van der Waals surface area contributed by atoms with Gasteiger partial charge < -0.3 is 14.6 Å². The highest BCUT2D eigenvalue weighted by Crippen LogP contribution is 2.37. The molecular formula is C19H19NO7S. The number of sulfonamides is 1. The van der Waals surface area contributed by atoms with Crippen molar-refractivity contribution in [3.8, 4) is 11.5 Å². The topological polar surface area (TPSA) is 119 Å². The molecular weight excluding hydrogens is 386 g/mol. The molecule has 2 aromatic carbocycles. The van der Waals surface area contributed by atoms with Crippen molar-refractivity contribution in [1.29, 1.82) is 0 Å². The Hall–Kier alpha value is -3.33. The Morgan fingerprint density at radius 1 is 1.11 bits per heavy atom. The van der Waals surface area contributed by atoms with Crippen LogP contribution in [0.4, 0.5) is 5.69 Å². The van der Waals surface area contributed by atoms with Gasteiger partial charge in [0.1, 0.15) is 4.90 Å². The number of carbonyl (C=O) groups excluding carboxylic acids is 1. The Bertz CT molecular complexity index is 1040. The van der Waals surface area contributed by atoms with Crippen LogP contribution in [-0.2, 0) is 14.8 Å². The van der Waals surface area contributed by atoms with Gasteiger partial charge in [0.2, 0.25) is 0 Å². The molecule has 0 bridgehead atoms. The van der Waals surface area contributed by atoms with Crippen molar-refractivity contribution in [2.24, 2.45) is 0 Å². The molecule has 0 aliphatic heterocycles. The van der Waals surface area contributed by atoms with Gasteiger partial charge >= 0.3 is 5.97 Å². The standard InChI is InChI=1S/C19H19NO7S/c1-12(21)14-5-4-6-15(11-14)20-28(24,25)17-10-13(7-8-18(22)23)9-16(26-2)19(17)27-3/h4-11,20H,1-3H3,(H,22,23). The lowest BCUT2D eigenvalue weighted by Crippen LogP contribution is -2.15. The first-order valence-electron chi connectivity index (χ1n) is 7.98. The smallest absolute Gasteiger partial charge is 0.328 e. The van der Waals surface area contributed by atoms with E-state index in [1.165, 1.54) is 51.5 Å². The SMILES string of the molecule is COc1cc(C=CC(=O)O)cc(S(=O)(=O)Nc2cccc(C(C)=O)c2)c1OC. The maximum Gasteiger partial charge on any atom is 0.328 e. The number of hydrogen-bond acceptors (Lipinski definition) is 6. The highest BCUT2D eigenvalue weighted by molar-refractivity contribution is 7.92. The van der Waals surface area contributed by atoms with Crippen LogP contribution in [0.5, 0.6) is 11.5 Å². The minimum atomic E-state index is -4.14. The molecule has 0 aliphatic rings. The molecule has 0 atom stereocenters. The zero-order valence-corrected chi connectivity index (χ0v) is 16.2. The van der Waals surface area contributed by atoms with E-state index in [4.69, 9.17) is 14.6 Å². The highest BCUT2D eigenvalue weighted by atomic mass is 32.2. The number of hydrogen-bond donors (Lipinski definition) is 2. The van der Waals surface area contributed by atoms with Crippen LogP contribution in [0.1, 0.15) is 22.8 Å². The minimum Gasteiger partial charge on any atom is -0.493 e. The average molecular weight is 405 g/mol. The molecule has 28 heavy (non-hydrogen) atoms. The summed E-state index contributed by atoms with van der Waals surface area (Å²) in [7, 11) is -1.51. The van der Waals surface area contributed by atoms with Gasteiger partial charge in [0.25, 0.3) is 10.0 Å². The van der Waals surface area contributed by atoms with Crippen molar-refractivity contribution < 1.29 is 32.6 Å². The minimum absolute atomic E-state index is 0.0369. The Morgan fingerprint density at radius 3 is 2.39 bits per heavy atom. The zero-order chi connectivity index (χ0) is 20.9. The molecule has 0 heterocycles. The summed E-state index contributed by atoms with van der Waals surface area (Å²) < 4.78 is 38.7. The molecule has 8 nitrogen and oxygen atoms in total. The fourth-order valence-corrected chi connectivity index (χ4v) is 3.69. The Labute approximate surface area is 162 Å². The monoisotopic (exact) mass is 405 g/mol. The van der Waals surface area contributed by atoms with Crippen molar-refractivity contribution >= 4 is 33.5 Å². The van der Waals surface area contributed by atoms with Crippen molar-refractivity contribution in [2.75, 3.05) is 18.9 Å². The van der Waals surface area contributed by atoms with E-state index in [-0.39, 0.29) is 33.4 Å². The van der Waals surface area contributed by atoms with Crippen LogP contribution < -0.4 is 14.2 Å². The predicted octanol–water partition coefficient (Wildman–Crippen LogP) is 2.81. The number of methoxy groups -OCH3 is 2. The maximum absolute atomic E-state index is 12.9. The van der Waals surface area contributed by atoms with Crippen molar-refractivity contribution in [3.63, 3.8) is 0 Å². The number of anilines is 1. The Balaban J connectivity index is 2.56. The third-order valence-electron chi connectivity index (χ3n) is 3.70. The maximum atomic E-state index is 12.9. The average Bonchev–Trinajstić information content (AvgIpc) is 2.65. The van der Waals surface area contributed by atoms with E-state index in [1.54, 1.807) is 12.1 Å². The van der Waals surface area contributed by atoms with Gasteiger partial charge in [-0.05, 0) is 42.8 Å². The summed E-state index contributed by atoms with van der Waals surface area (Å²) in [6.07, 6.45) is 2.11. The lowest BCUT2D eigenvalue weighted by molar-refractivity contribution is -0.131. The molecule has 0 saturated carbocycles. The second kappa shape index (κ2) is 8.57. The number of carbonyl (C=O) groups is 2. The normalized spacial score (nSPS) is 11.2. The fraction of sp³-hybridized carbons (Fsp3) is 0.158. The first kappa shape index (κ1) is 21.0. The number of carboxylic acids is 1. The van der Waals surface area contributed by atoms with E-state index < -0.39 is 16.0 Å².